The average molecular weight is 411 g/mol. The van der Waals surface area contributed by atoms with E-state index in [2.05, 4.69) is 10.0 Å². The van der Waals surface area contributed by atoms with E-state index in [1.54, 1.807) is 12.1 Å². The normalized spacial score (nSPS) is 23.4. The molecule has 6 nitrogen and oxygen atoms in total. The Morgan fingerprint density at radius 3 is 2.88 bits per heavy atom. The van der Waals surface area contributed by atoms with Gasteiger partial charge in [0, 0.05) is 30.1 Å². The van der Waals surface area contributed by atoms with Crippen LogP contribution in [0.15, 0.2) is 23.1 Å². The van der Waals surface area contributed by atoms with Gasteiger partial charge < -0.3 is 14.8 Å². The molecule has 1 aromatic carbocycles. The lowest BCUT2D eigenvalue weighted by Gasteiger charge is -2.16. The summed E-state index contributed by atoms with van der Waals surface area (Å²) >= 11 is 6.00. The van der Waals surface area contributed by atoms with Gasteiger partial charge in [0.05, 0.1) is 13.2 Å². The summed E-state index contributed by atoms with van der Waals surface area (Å²) in [6.07, 6.45) is 2.98. The third kappa shape index (κ3) is 5.70. The predicted molar refractivity (Wildman–Crippen MR) is 99.3 cm³/mol. The van der Waals surface area contributed by atoms with Crippen molar-refractivity contribution in [1.29, 1.82) is 0 Å². The quantitative estimate of drug-likeness (QED) is 0.720. The van der Waals surface area contributed by atoms with Crippen LogP contribution in [0.25, 0.3) is 0 Å². The largest absolute Gasteiger partial charge is 0.492 e. The molecular weight excluding hydrogens is 387 g/mol. The lowest BCUT2D eigenvalue weighted by atomic mass is 10.1. The lowest BCUT2D eigenvalue weighted by molar-refractivity contribution is 0.166. The Morgan fingerprint density at radius 2 is 2.20 bits per heavy atom. The molecule has 2 atom stereocenters. The second-order valence-electron chi connectivity index (χ2n) is 6.28. The topological polar surface area (TPSA) is 76.7 Å². The number of nitrogens with one attached hydrogen (secondary N) is 2. The highest BCUT2D eigenvalue weighted by Crippen LogP contribution is 2.28. The van der Waals surface area contributed by atoms with Gasteiger partial charge in [0.2, 0.25) is 10.0 Å². The Kier molecular flexibility index (Phi) is 7.79. The highest BCUT2D eigenvalue weighted by molar-refractivity contribution is 7.89. The number of sulfonamides is 1. The standard InChI is InChI=1S/C16H23ClN2O4S.ClH/c17-13-3-4-15(23-11-12-5-7-22-10-12)16(8-13)24(20,21)19-9-14-2-1-6-18-14;/h3-4,8,12,14,18-19H,1-2,5-7,9-11H2;1H. The third-order valence-electron chi connectivity index (χ3n) is 4.38. The summed E-state index contributed by atoms with van der Waals surface area (Å²) in [7, 11) is -3.68. The molecular formula is C16H24Cl2N2O4S. The molecule has 2 heterocycles. The molecule has 0 radical (unpaired) electrons. The first kappa shape index (κ1) is 20.7. The second kappa shape index (κ2) is 9.39. The molecule has 2 saturated heterocycles. The van der Waals surface area contributed by atoms with E-state index in [9.17, 15) is 8.42 Å². The fourth-order valence-electron chi connectivity index (χ4n) is 2.95. The molecule has 1 aromatic rings. The number of hydrogen-bond donors (Lipinski definition) is 2. The lowest BCUT2D eigenvalue weighted by Crippen LogP contribution is -2.37. The molecule has 2 unspecified atom stereocenters. The van der Waals surface area contributed by atoms with Crippen LogP contribution in [0.1, 0.15) is 19.3 Å². The van der Waals surface area contributed by atoms with Crippen LogP contribution < -0.4 is 14.8 Å². The van der Waals surface area contributed by atoms with E-state index in [0.717, 1.165) is 32.4 Å². The van der Waals surface area contributed by atoms with Crippen molar-refractivity contribution in [3.63, 3.8) is 0 Å². The fourth-order valence-corrected chi connectivity index (χ4v) is 4.44. The Morgan fingerprint density at radius 1 is 1.36 bits per heavy atom. The van der Waals surface area contributed by atoms with Crippen molar-refractivity contribution in [3.05, 3.63) is 23.2 Å². The number of benzene rings is 1. The Bertz CT molecular complexity index is 660. The van der Waals surface area contributed by atoms with Crippen molar-refractivity contribution in [3.8, 4) is 5.75 Å². The maximum Gasteiger partial charge on any atom is 0.244 e. The van der Waals surface area contributed by atoms with Gasteiger partial charge in [-0.1, -0.05) is 11.6 Å². The maximum absolute atomic E-state index is 12.7. The Hall–Kier alpha value is -0.570. The maximum atomic E-state index is 12.7. The van der Waals surface area contributed by atoms with Gasteiger partial charge in [0.25, 0.3) is 0 Å². The Labute approximate surface area is 160 Å². The predicted octanol–water partition coefficient (Wildman–Crippen LogP) is 2.21. The molecule has 2 aliphatic rings. The minimum absolute atomic E-state index is 0. The third-order valence-corrected chi connectivity index (χ3v) is 6.06. The zero-order valence-corrected chi connectivity index (χ0v) is 16.3. The van der Waals surface area contributed by atoms with Gasteiger partial charge in [-0.3, -0.25) is 0 Å². The minimum Gasteiger partial charge on any atom is -0.492 e. The first-order valence-corrected chi connectivity index (χ1v) is 10.1. The summed E-state index contributed by atoms with van der Waals surface area (Å²) in [4.78, 5) is 0.0897. The summed E-state index contributed by atoms with van der Waals surface area (Å²) in [6.45, 7) is 3.12. The van der Waals surface area contributed by atoms with Crippen molar-refractivity contribution < 1.29 is 17.9 Å². The van der Waals surface area contributed by atoms with Crippen LogP contribution in [-0.4, -0.2) is 47.4 Å². The van der Waals surface area contributed by atoms with Crippen LogP contribution in [0.5, 0.6) is 5.75 Å². The molecule has 0 saturated carbocycles. The molecule has 0 spiro atoms. The summed E-state index contributed by atoms with van der Waals surface area (Å²) < 4.78 is 39.1. The second-order valence-corrected chi connectivity index (χ2v) is 8.45. The summed E-state index contributed by atoms with van der Waals surface area (Å²) in [5, 5.41) is 3.64. The van der Waals surface area contributed by atoms with Crippen LogP contribution in [-0.2, 0) is 14.8 Å². The van der Waals surface area contributed by atoms with Crippen LogP contribution >= 0.6 is 24.0 Å². The van der Waals surface area contributed by atoms with E-state index in [4.69, 9.17) is 21.1 Å². The van der Waals surface area contributed by atoms with Crippen LogP contribution in [0, 0.1) is 5.92 Å². The molecule has 0 bridgehead atoms. The van der Waals surface area contributed by atoms with E-state index < -0.39 is 10.0 Å². The van der Waals surface area contributed by atoms with Crippen molar-refractivity contribution >= 4 is 34.0 Å². The highest BCUT2D eigenvalue weighted by Gasteiger charge is 2.24. The van der Waals surface area contributed by atoms with E-state index >= 15 is 0 Å². The molecule has 142 valence electrons. The van der Waals surface area contributed by atoms with Crippen LogP contribution in [0.4, 0.5) is 0 Å². The number of ether oxygens (including phenoxy) is 2. The molecule has 25 heavy (non-hydrogen) atoms. The zero-order chi connectivity index (χ0) is 17.0. The number of hydrogen-bond acceptors (Lipinski definition) is 5. The Balaban J connectivity index is 0.00000225. The van der Waals surface area contributed by atoms with Gasteiger partial charge in [-0.05, 0) is 44.0 Å². The van der Waals surface area contributed by atoms with Crippen LogP contribution in [0.2, 0.25) is 5.02 Å². The molecule has 0 amide bonds. The van der Waals surface area contributed by atoms with Crippen molar-refractivity contribution in [2.24, 2.45) is 5.92 Å². The molecule has 0 aliphatic carbocycles. The summed E-state index contributed by atoms with van der Waals surface area (Å²) in [5.41, 5.74) is 0. The number of halogens is 2. The van der Waals surface area contributed by atoms with Crippen molar-refractivity contribution in [2.45, 2.75) is 30.2 Å². The highest BCUT2D eigenvalue weighted by atomic mass is 35.5. The molecule has 2 aliphatic heterocycles. The SMILES string of the molecule is Cl.O=S(=O)(NCC1CCCN1)c1cc(Cl)ccc1OCC1CCOC1. The number of rotatable bonds is 7. The van der Waals surface area contributed by atoms with E-state index in [-0.39, 0.29) is 23.3 Å². The monoisotopic (exact) mass is 410 g/mol. The van der Waals surface area contributed by atoms with Crippen molar-refractivity contribution in [2.75, 3.05) is 32.9 Å². The minimum atomic E-state index is -3.68. The van der Waals surface area contributed by atoms with Gasteiger partial charge in [-0.15, -0.1) is 12.4 Å². The van der Waals surface area contributed by atoms with Gasteiger partial charge in [-0.2, -0.15) is 0 Å². The molecule has 9 heteroatoms. The van der Waals surface area contributed by atoms with Gasteiger partial charge in [0.15, 0.2) is 0 Å². The first-order chi connectivity index (χ1) is 11.5. The average Bonchev–Trinajstić information content (AvgIpc) is 3.25. The van der Waals surface area contributed by atoms with Gasteiger partial charge >= 0.3 is 0 Å². The van der Waals surface area contributed by atoms with E-state index in [1.807, 2.05) is 0 Å². The fraction of sp³-hybridized carbons (Fsp3) is 0.625. The zero-order valence-electron chi connectivity index (χ0n) is 13.9. The van der Waals surface area contributed by atoms with Crippen LogP contribution in [0.3, 0.4) is 0 Å². The van der Waals surface area contributed by atoms with E-state index in [1.165, 1.54) is 6.07 Å². The van der Waals surface area contributed by atoms with E-state index in [0.29, 0.717) is 36.4 Å². The van der Waals surface area contributed by atoms with Gasteiger partial charge in [-0.25, -0.2) is 13.1 Å². The molecule has 3 rings (SSSR count). The summed E-state index contributed by atoms with van der Waals surface area (Å²) in [5.74, 6) is 0.630. The molecule has 2 N–H and O–H groups in total. The van der Waals surface area contributed by atoms with Gasteiger partial charge in [0.1, 0.15) is 10.6 Å². The molecule has 2 fully saturated rings. The van der Waals surface area contributed by atoms with Crippen molar-refractivity contribution in [1.82, 2.24) is 10.0 Å². The smallest absolute Gasteiger partial charge is 0.244 e. The first-order valence-electron chi connectivity index (χ1n) is 8.28. The summed E-state index contributed by atoms with van der Waals surface area (Å²) in [6, 6.07) is 4.87. The molecule has 0 aromatic heterocycles.